The summed E-state index contributed by atoms with van der Waals surface area (Å²) in [6, 6.07) is 6.51. The van der Waals surface area contributed by atoms with Gasteiger partial charge in [-0.25, -0.2) is 0 Å². The SMILES string of the molecule is CCc1cccc2c3c([nH]c12)C(CC)(CC=O)COCC3. The van der Waals surface area contributed by atoms with Crippen molar-refractivity contribution in [1.82, 2.24) is 4.98 Å². The first-order valence-corrected chi connectivity index (χ1v) is 7.90. The molecule has 0 fully saturated rings. The molecule has 2 heterocycles. The zero-order valence-electron chi connectivity index (χ0n) is 12.9. The van der Waals surface area contributed by atoms with Gasteiger partial charge in [0.15, 0.2) is 0 Å². The molecule has 0 radical (unpaired) electrons. The second-order valence-electron chi connectivity index (χ2n) is 5.98. The highest BCUT2D eigenvalue weighted by Crippen LogP contribution is 2.39. The van der Waals surface area contributed by atoms with Crippen molar-refractivity contribution >= 4 is 17.2 Å². The number of carbonyl (C=O) groups excluding carboxylic acids is 1. The van der Waals surface area contributed by atoms with E-state index in [1.807, 2.05) is 0 Å². The van der Waals surface area contributed by atoms with Gasteiger partial charge in [0.2, 0.25) is 0 Å². The van der Waals surface area contributed by atoms with Crippen LogP contribution in [0.4, 0.5) is 0 Å². The lowest BCUT2D eigenvalue weighted by molar-refractivity contribution is -0.109. The molecule has 1 N–H and O–H groups in total. The summed E-state index contributed by atoms with van der Waals surface area (Å²) in [5.41, 5.74) is 4.97. The molecule has 3 rings (SSSR count). The Kier molecular flexibility index (Phi) is 3.85. The quantitative estimate of drug-likeness (QED) is 0.873. The van der Waals surface area contributed by atoms with E-state index in [0.717, 1.165) is 32.2 Å². The first-order chi connectivity index (χ1) is 10.3. The monoisotopic (exact) mass is 285 g/mol. The number of aromatic amines is 1. The number of para-hydroxylation sites is 1. The van der Waals surface area contributed by atoms with Crippen molar-refractivity contribution in [3.8, 4) is 0 Å². The van der Waals surface area contributed by atoms with E-state index < -0.39 is 0 Å². The fourth-order valence-electron chi connectivity index (χ4n) is 3.60. The van der Waals surface area contributed by atoms with Crippen LogP contribution in [0.2, 0.25) is 0 Å². The van der Waals surface area contributed by atoms with Crippen molar-refractivity contribution in [2.24, 2.45) is 0 Å². The topological polar surface area (TPSA) is 42.1 Å². The van der Waals surface area contributed by atoms with E-state index in [0.29, 0.717) is 13.0 Å². The molecule has 3 nitrogen and oxygen atoms in total. The maximum absolute atomic E-state index is 11.2. The summed E-state index contributed by atoms with van der Waals surface area (Å²) in [6.45, 7) is 5.69. The minimum Gasteiger partial charge on any atom is -0.380 e. The lowest BCUT2D eigenvalue weighted by atomic mass is 9.78. The van der Waals surface area contributed by atoms with Crippen LogP contribution in [0.25, 0.3) is 10.9 Å². The van der Waals surface area contributed by atoms with E-state index in [1.54, 1.807) is 0 Å². The van der Waals surface area contributed by atoms with E-state index in [-0.39, 0.29) is 5.41 Å². The van der Waals surface area contributed by atoms with Crippen LogP contribution in [0.1, 0.15) is 43.5 Å². The minimum atomic E-state index is -0.197. The third-order valence-electron chi connectivity index (χ3n) is 4.96. The molecule has 0 bridgehead atoms. The zero-order valence-corrected chi connectivity index (χ0v) is 12.9. The molecule has 1 aromatic heterocycles. The predicted molar refractivity (Wildman–Crippen MR) is 84.8 cm³/mol. The molecule has 0 spiro atoms. The third-order valence-corrected chi connectivity index (χ3v) is 4.96. The van der Waals surface area contributed by atoms with Crippen LogP contribution in [0.15, 0.2) is 18.2 Å². The number of aromatic nitrogens is 1. The van der Waals surface area contributed by atoms with Crippen molar-refractivity contribution in [1.29, 1.82) is 0 Å². The number of hydrogen-bond acceptors (Lipinski definition) is 2. The fraction of sp³-hybridized carbons (Fsp3) is 0.500. The summed E-state index contributed by atoms with van der Waals surface area (Å²) in [5, 5.41) is 1.30. The molecule has 21 heavy (non-hydrogen) atoms. The molecule has 1 atom stereocenters. The van der Waals surface area contributed by atoms with Gasteiger partial charge in [-0.05, 0) is 30.4 Å². The van der Waals surface area contributed by atoms with Crippen LogP contribution in [0.5, 0.6) is 0 Å². The molecule has 1 unspecified atom stereocenters. The van der Waals surface area contributed by atoms with E-state index in [1.165, 1.54) is 27.7 Å². The number of hydrogen-bond donors (Lipinski definition) is 1. The molecule has 3 heteroatoms. The van der Waals surface area contributed by atoms with Crippen LogP contribution < -0.4 is 0 Å². The molecule has 0 saturated carbocycles. The van der Waals surface area contributed by atoms with Crippen LogP contribution in [0.3, 0.4) is 0 Å². The molecule has 0 amide bonds. The van der Waals surface area contributed by atoms with Crippen molar-refractivity contribution in [3.63, 3.8) is 0 Å². The summed E-state index contributed by atoms with van der Waals surface area (Å²) in [6.07, 6.45) is 4.40. The molecule has 1 aliphatic heterocycles. The second-order valence-corrected chi connectivity index (χ2v) is 5.98. The third kappa shape index (κ3) is 2.20. The van der Waals surface area contributed by atoms with E-state index in [9.17, 15) is 4.79 Å². The van der Waals surface area contributed by atoms with Gasteiger partial charge in [0.05, 0.1) is 13.2 Å². The average molecular weight is 285 g/mol. The van der Waals surface area contributed by atoms with Gasteiger partial charge in [-0.2, -0.15) is 0 Å². The molecule has 112 valence electrons. The Labute approximate surface area is 125 Å². The average Bonchev–Trinajstić information content (AvgIpc) is 2.80. The maximum atomic E-state index is 11.2. The summed E-state index contributed by atoms with van der Waals surface area (Å²) < 4.78 is 5.82. The molecule has 1 aliphatic rings. The fourth-order valence-corrected chi connectivity index (χ4v) is 3.60. The van der Waals surface area contributed by atoms with Gasteiger partial charge in [-0.3, -0.25) is 0 Å². The number of benzene rings is 1. The van der Waals surface area contributed by atoms with Crippen LogP contribution in [-0.2, 0) is 27.8 Å². The smallest absolute Gasteiger partial charge is 0.121 e. The molecular formula is C18H23NO2. The van der Waals surface area contributed by atoms with Gasteiger partial charge >= 0.3 is 0 Å². The zero-order chi connectivity index (χ0) is 14.9. The van der Waals surface area contributed by atoms with E-state index >= 15 is 0 Å². The summed E-state index contributed by atoms with van der Waals surface area (Å²) in [7, 11) is 0. The van der Waals surface area contributed by atoms with Gasteiger partial charge < -0.3 is 14.5 Å². The number of aldehydes is 1. The molecule has 0 saturated heterocycles. The van der Waals surface area contributed by atoms with E-state index in [4.69, 9.17) is 4.74 Å². The van der Waals surface area contributed by atoms with Crippen molar-refractivity contribution in [2.45, 2.75) is 44.9 Å². The lowest BCUT2D eigenvalue weighted by Gasteiger charge is -2.29. The van der Waals surface area contributed by atoms with Crippen molar-refractivity contribution in [3.05, 3.63) is 35.0 Å². The Morgan fingerprint density at radius 3 is 2.95 bits per heavy atom. The number of nitrogens with one attached hydrogen (secondary N) is 1. The molecule has 0 aliphatic carbocycles. The highest BCUT2D eigenvalue weighted by atomic mass is 16.5. The normalized spacial score (nSPS) is 22.0. The van der Waals surface area contributed by atoms with Gasteiger partial charge in [-0.1, -0.05) is 32.0 Å². The molecule has 2 aromatic rings. The number of rotatable bonds is 4. The highest BCUT2D eigenvalue weighted by molar-refractivity contribution is 5.88. The number of carbonyl (C=O) groups is 1. The number of ether oxygens (including phenoxy) is 1. The summed E-state index contributed by atoms with van der Waals surface area (Å²) in [5.74, 6) is 0. The van der Waals surface area contributed by atoms with Crippen molar-refractivity contribution < 1.29 is 9.53 Å². The second kappa shape index (κ2) is 5.64. The Bertz CT molecular complexity index is 659. The van der Waals surface area contributed by atoms with Gasteiger partial charge in [-0.15, -0.1) is 0 Å². The van der Waals surface area contributed by atoms with Gasteiger partial charge in [0.1, 0.15) is 6.29 Å². The number of fused-ring (bicyclic) bond motifs is 3. The largest absolute Gasteiger partial charge is 0.380 e. The Balaban J connectivity index is 2.27. The Morgan fingerprint density at radius 1 is 1.38 bits per heavy atom. The Morgan fingerprint density at radius 2 is 2.24 bits per heavy atom. The first kappa shape index (κ1) is 14.3. The number of H-pyrrole nitrogens is 1. The molecule has 1 aromatic carbocycles. The summed E-state index contributed by atoms with van der Waals surface area (Å²) >= 11 is 0. The minimum absolute atomic E-state index is 0.197. The highest BCUT2D eigenvalue weighted by Gasteiger charge is 2.36. The van der Waals surface area contributed by atoms with Gasteiger partial charge in [0, 0.05) is 28.4 Å². The standard InChI is InChI=1S/C18H23NO2/c1-3-13-6-5-7-14-15-8-11-21-12-18(4-2,9-10-20)17(15)19-16(13)14/h5-7,10,19H,3-4,8-9,11-12H2,1-2H3. The van der Waals surface area contributed by atoms with Crippen LogP contribution in [0, 0.1) is 0 Å². The molecular weight excluding hydrogens is 262 g/mol. The Hall–Kier alpha value is -1.61. The predicted octanol–water partition coefficient (Wildman–Crippen LogP) is 3.54. The van der Waals surface area contributed by atoms with Gasteiger partial charge in [0.25, 0.3) is 0 Å². The van der Waals surface area contributed by atoms with Crippen LogP contribution >= 0.6 is 0 Å². The number of aryl methyl sites for hydroxylation is 1. The van der Waals surface area contributed by atoms with Crippen molar-refractivity contribution in [2.75, 3.05) is 13.2 Å². The lowest BCUT2D eigenvalue weighted by Crippen LogP contribution is -2.32. The van der Waals surface area contributed by atoms with E-state index in [2.05, 4.69) is 37.0 Å². The maximum Gasteiger partial charge on any atom is 0.121 e. The van der Waals surface area contributed by atoms with Crippen LogP contribution in [-0.4, -0.2) is 24.5 Å². The summed E-state index contributed by atoms with van der Waals surface area (Å²) in [4.78, 5) is 14.9. The first-order valence-electron chi connectivity index (χ1n) is 7.90.